The van der Waals surface area contributed by atoms with Gasteiger partial charge in [0.25, 0.3) is 0 Å². The molecule has 0 spiro atoms. The SMILES string of the molecule is COC(=O)NCCCCCNC(=O)OC. The molecule has 2 amide bonds. The summed E-state index contributed by atoms with van der Waals surface area (Å²) in [6.07, 6.45) is 1.81. The van der Waals surface area contributed by atoms with E-state index >= 15 is 0 Å². The van der Waals surface area contributed by atoms with E-state index in [2.05, 4.69) is 20.1 Å². The van der Waals surface area contributed by atoms with E-state index in [1.54, 1.807) is 0 Å². The Kier molecular flexibility index (Phi) is 8.22. The molecular weight excluding hydrogens is 200 g/mol. The van der Waals surface area contributed by atoms with Gasteiger partial charge in [0.1, 0.15) is 0 Å². The van der Waals surface area contributed by atoms with Crippen molar-refractivity contribution in [2.24, 2.45) is 0 Å². The van der Waals surface area contributed by atoms with E-state index in [1.807, 2.05) is 0 Å². The monoisotopic (exact) mass is 218 g/mol. The van der Waals surface area contributed by atoms with Crippen molar-refractivity contribution in [2.45, 2.75) is 19.3 Å². The van der Waals surface area contributed by atoms with Crippen LogP contribution in [0.4, 0.5) is 9.59 Å². The molecule has 88 valence electrons. The molecule has 0 aromatic heterocycles. The van der Waals surface area contributed by atoms with Crippen molar-refractivity contribution >= 4 is 12.2 Å². The predicted molar refractivity (Wildman–Crippen MR) is 54.7 cm³/mol. The topological polar surface area (TPSA) is 76.7 Å². The highest BCUT2D eigenvalue weighted by Crippen LogP contribution is 1.92. The van der Waals surface area contributed by atoms with E-state index in [0.29, 0.717) is 13.1 Å². The summed E-state index contributed by atoms with van der Waals surface area (Å²) in [6.45, 7) is 1.18. The van der Waals surface area contributed by atoms with Crippen LogP contribution in [0.15, 0.2) is 0 Å². The molecular formula is C9H18N2O4. The summed E-state index contributed by atoms with van der Waals surface area (Å²) in [4.78, 5) is 21.2. The summed E-state index contributed by atoms with van der Waals surface area (Å²) in [5.41, 5.74) is 0. The van der Waals surface area contributed by atoms with Crippen LogP contribution in [-0.2, 0) is 9.47 Å². The summed E-state index contributed by atoms with van der Waals surface area (Å²) in [5.74, 6) is 0. The van der Waals surface area contributed by atoms with Crippen molar-refractivity contribution in [3.8, 4) is 0 Å². The number of nitrogens with one attached hydrogen (secondary N) is 2. The molecule has 0 aliphatic rings. The second-order valence-electron chi connectivity index (χ2n) is 2.90. The summed E-state index contributed by atoms with van der Waals surface area (Å²) in [5, 5.41) is 5.14. The lowest BCUT2D eigenvalue weighted by Gasteiger charge is -2.04. The van der Waals surface area contributed by atoms with E-state index in [-0.39, 0.29) is 0 Å². The third kappa shape index (κ3) is 8.86. The second kappa shape index (κ2) is 9.11. The van der Waals surface area contributed by atoms with Gasteiger partial charge in [-0.1, -0.05) is 0 Å². The summed E-state index contributed by atoms with van der Waals surface area (Å²) in [6, 6.07) is 0. The Labute approximate surface area is 89.3 Å². The fraction of sp³-hybridized carbons (Fsp3) is 0.778. The second-order valence-corrected chi connectivity index (χ2v) is 2.90. The first-order valence-electron chi connectivity index (χ1n) is 4.84. The first-order chi connectivity index (χ1) is 7.20. The van der Waals surface area contributed by atoms with Crippen molar-refractivity contribution in [1.29, 1.82) is 0 Å². The van der Waals surface area contributed by atoms with Gasteiger partial charge in [0, 0.05) is 13.1 Å². The van der Waals surface area contributed by atoms with Crippen molar-refractivity contribution in [1.82, 2.24) is 10.6 Å². The highest BCUT2D eigenvalue weighted by atomic mass is 16.5. The fourth-order valence-electron chi connectivity index (χ4n) is 0.952. The molecule has 0 heterocycles. The molecule has 0 atom stereocenters. The zero-order valence-corrected chi connectivity index (χ0v) is 9.17. The number of ether oxygens (including phenoxy) is 2. The molecule has 0 unspecified atom stereocenters. The maximum Gasteiger partial charge on any atom is 0.406 e. The van der Waals surface area contributed by atoms with Crippen LogP contribution >= 0.6 is 0 Å². The van der Waals surface area contributed by atoms with E-state index < -0.39 is 12.2 Å². The number of hydrogen-bond donors (Lipinski definition) is 2. The molecule has 0 rings (SSSR count). The number of hydrogen-bond acceptors (Lipinski definition) is 4. The Bertz CT molecular complexity index is 177. The van der Waals surface area contributed by atoms with Gasteiger partial charge in [-0.2, -0.15) is 0 Å². The maximum atomic E-state index is 10.6. The van der Waals surface area contributed by atoms with Crippen LogP contribution in [0, 0.1) is 0 Å². The third-order valence-corrected chi connectivity index (χ3v) is 1.76. The molecule has 0 saturated carbocycles. The van der Waals surface area contributed by atoms with Crippen LogP contribution < -0.4 is 10.6 Å². The predicted octanol–water partition coefficient (Wildman–Crippen LogP) is 0.869. The summed E-state index contributed by atoms with van der Waals surface area (Å²) in [7, 11) is 2.66. The number of carbonyl (C=O) groups is 2. The van der Waals surface area contributed by atoms with Gasteiger partial charge in [0.2, 0.25) is 0 Å². The van der Waals surface area contributed by atoms with Gasteiger partial charge in [-0.25, -0.2) is 9.59 Å². The van der Waals surface area contributed by atoms with Crippen molar-refractivity contribution < 1.29 is 19.1 Å². The normalized spacial score (nSPS) is 9.20. The minimum Gasteiger partial charge on any atom is -0.453 e. The van der Waals surface area contributed by atoms with Gasteiger partial charge in [-0.15, -0.1) is 0 Å². The average molecular weight is 218 g/mol. The smallest absolute Gasteiger partial charge is 0.406 e. The van der Waals surface area contributed by atoms with Crippen LogP contribution in [0.5, 0.6) is 0 Å². The maximum absolute atomic E-state index is 10.6. The van der Waals surface area contributed by atoms with Crippen LogP contribution in [0.25, 0.3) is 0 Å². The molecule has 0 aliphatic carbocycles. The molecule has 6 nitrogen and oxygen atoms in total. The fourth-order valence-corrected chi connectivity index (χ4v) is 0.952. The molecule has 2 N–H and O–H groups in total. The number of methoxy groups -OCH3 is 2. The standard InChI is InChI=1S/C9H18N2O4/c1-14-8(12)10-6-4-3-5-7-11-9(13)15-2/h3-7H2,1-2H3,(H,10,12)(H,11,13). The van der Waals surface area contributed by atoms with Gasteiger partial charge in [0.05, 0.1) is 14.2 Å². The van der Waals surface area contributed by atoms with E-state index in [9.17, 15) is 9.59 Å². The molecule has 15 heavy (non-hydrogen) atoms. The largest absolute Gasteiger partial charge is 0.453 e. The zero-order chi connectivity index (χ0) is 11.5. The minimum atomic E-state index is -0.414. The van der Waals surface area contributed by atoms with Crippen molar-refractivity contribution in [3.63, 3.8) is 0 Å². The quantitative estimate of drug-likeness (QED) is 0.648. The van der Waals surface area contributed by atoms with Gasteiger partial charge in [-0.3, -0.25) is 0 Å². The molecule has 0 aromatic carbocycles. The van der Waals surface area contributed by atoms with E-state index in [0.717, 1.165) is 19.3 Å². The third-order valence-electron chi connectivity index (χ3n) is 1.76. The number of carbonyl (C=O) groups excluding carboxylic acids is 2. The molecule has 0 bridgehead atoms. The molecule has 0 aliphatic heterocycles. The van der Waals surface area contributed by atoms with Gasteiger partial charge in [-0.05, 0) is 19.3 Å². The van der Waals surface area contributed by atoms with E-state index in [4.69, 9.17) is 0 Å². The van der Waals surface area contributed by atoms with Gasteiger partial charge >= 0.3 is 12.2 Å². The highest BCUT2D eigenvalue weighted by Gasteiger charge is 1.98. The number of alkyl carbamates (subject to hydrolysis) is 2. The lowest BCUT2D eigenvalue weighted by Crippen LogP contribution is -2.25. The van der Waals surface area contributed by atoms with E-state index in [1.165, 1.54) is 14.2 Å². The molecule has 0 fully saturated rings. The van der Waals surface area contributed by atoms with Crippen molar-refractivity contribution in [2.75, 3.05) is 27.3 Å². The van der Waals surface area contributed by atoms with Crippen LogP contribution in [0.1, 0.15) is 19.3 Å². The molecule has 0 saturated heterocycles. The number of unbranched alkanes of at least 4 members (excludes halogenated alkanes) is 2. The van der Waals surface area contributed by atoms with Gasteiger partial charge in [0.15, 0.2) is 0 Å². The highest BCUT2D eigenvalue weighted by molar-refractivity contribution is 5.67. The lowest BCUT2D eigenvalue weighted by molar-refractivity contribution is 0.171. The van der Waals surface area contributed by atoms with Crippen LogP contribution in [0.2, 0.25) is 0 Å². The van der Waals surface area contributed by atoms with Crippen LogP contribution in [0.3, 0.4) is 0 Å². The Morgan fingerprint density at radius 3 is 1.60 bits per heavy atom. The molecule has 0 aromatic rings. The molecule has 6 heteroatoms. The first-order valence-corrected chi connectivity index (χ1v) is 4.84. The van der Waals surface area contributed by atoms with Crippen LogP contribution in [-0.4, -0.2) is 39.5 Å². The zero-order valence-electron chi connectivity index (χ0n) is 9.17. The molecule has 0 radical (unpaired) electrons. The Hall–Kier alpha value is -1.46. The first kappa shape index (κ1) is 13.5. The summed E-state index contributed by atoms with van der Waals surface area (Å²) < 4.78 is 8.80. The number of rotatable bonds is 6. The number of amides is 2. The Morgan fingerprint density at radius 1 is 0.867 bits per heavy atom. The average Bonchev–Trinajstić information content (AvgIpc) is 2.26. The summed E-state index contributed by atoms with van der Waals surface area (Å²) >= 11 is 0. The van der Waals surface area contributed by atoms with Crippen molar-refractivity contribution in [3.05, 3.63) is 0 Å². The van der Waals surface area contributed by atoms with Gasteiger partial charge < -0.3 is 20.1 Å². The Morgan fingerprint density at radius 2 is 1.27 bits per heavy atom. The lowest BCUT2D eigenvalue weighted by atomic mass is 10.2. The Balaban J connectivity index is 3.11. The minimum absolute atomic E-state index is 0.414.